The van der Waals surface area contributed by atoms with E-state index in [4.69, 9.17) is 5.11 Å². The minimum absolute atomic E-state index is 0.224. The molecule has 0 rings (SSSR count). The molecule has 122 valence electrons. The molecule has 2 N–H and O–H groups in total. The van der Waals surface area contributed by atoms with Gasteiger partial charge in [0.2, 0.25) is 0 Å². The van der Waals surface area contributed by atoms with Crippen LogP contribution in [0, 0.1) is 5.92 Å². The third-order valence-electron chi connectivity index (χ3n) is 3.62. The van der Waals surface area contributed by atoms with Gasteiger partial charge in [0, 0.05) is 10.5 Å². The van der Waals surface area contributed by atoms with Gasteiger partial charge in [0.1, 0.15) is 0 Å². The Kier molecular flexibility index (Phi) is 15.1. The van der Waals surface area contributed by atoms with E-state index < -0.39 is 0 Å². The number of rotatable bonds is 14. The van der Waals surface area contributed by atoms with Crippen LogP contribution in [0.15, 0.2) is 0 Å². The van der Waals surface area contributed by atoms with Crippen molar-refractivity contribution in [3.8, 4) is 0 Å². The Morgan fingerprint density at radius 3 is 1.95 bits per heavy atom. The van der Waals surface area contributed by atoms with E-state index >= 15 is 0 Å². The van der Waals surface area contributed by atoms with E-state index in [0.29, 0.717) is 0 Å². The van der Waals surface area contributed by atoms with E-state index in [1.165, 1.54) is 57.8 Å². The summed E-state index contributed by atoms with van der Waals surface area (Å²) in [6.07, 6.45) is 12.2. The second-order valence-corrected chi connectivity index (χ2v) is 8.29. The van der Waals surface area contributed by atoms with E-state index in [1.54, 1.807) is 0 Å². The number of nitrogens with one attached hydrogen (secondary N) is 1. The van der Waals surface area contributed by atoms with E-state index in [1.807, 2.05) is 6.92 Å². The lowest BCUT2D eigenvalue weighted by Crippen LogP contribution is -2.26. The Bertz CT molecular complexity index is 197. The summed E-state index contributed by atoms with van der Waals surface area (Å²) in [5.41, 5.74) is 0. The van der Waals surface area contributed by atoms with Gasteiger partial charge in [0.05, 0.1) is 6.10 Å². The molecule has 0 saturated carbocycles. The standard InChI is InChI=1S/C17H36INO/c1-15(2)10-8-6-4-5-7-9-11-17(18)12-13-19-14-16(3)20/h15-17,19-20H,4-14H2,1-3H3. The maximum atomic E-state index is 9.15. The fraction of sp³-hybridized carbons (Fsp3) is 1.00. The van der Waals surface area contributed by atoms with Crippen LogP contribution in [0.3, 0.4) is 0 Å². The molecule has 0 fully saturated rings. The van der Waals surface area contributed by atoms with Crippen LogP contribution in [-0.4, -0.2) is 28.2 Å². The molecule has 2 unspecified atom stereocenters. The number of unbranched alkanes of at least 4 members (excludes halogenated alkanes) is 5. The summed E-state index contributed by atoms with van der Waals surface area (Å²) >= 11 is 2.58. The highest BCUT2D eigenvalue weighted by atomic mass is 127. The highest BCUT2D eigenvalue weighted by Gasteiger charge is 2.04. The molecular formula is C17H36INO. The maximum absolute atomic E-state index is 9.15. The molecule has 0 aromatic carbocycles. The first-order valence-electron chi connectivity index (χ1n) is 8.55. The molecular weight excluding hydrogens is 361 g/mol. The molecule has 0 aliphatic heterocycles. The van der Waals surface area contributed by atoms with Crippen molar-refractivity contribution >= 4 is 22.6 Å². The second-order valence-electron chi connectivity index (χ2n) is 6.53. The van der Waals surface area contributed by atoms with Crippen molar-refractivity contribution < 1.29 is 5.11 Å². The molecule has 0 amide bonds. The van der Waals surface area contributed by atoms with Crippen LogP contribution in [0.2, 0.25) is 0 Å². The van der Waals surface area contributed by atoms with Gasteiger partial charge in [-0.2, -0.15) is 0 Å². The normalized spacial score (nSPS) is 14.7. The lowest BCUT2D eigenvalue weighted by atomic mass is 10.0. The molecule has 0 heterocycles. The molecule has 0 bridgehead atoms. The van der Waals surface area contributed by atoms with Crippen molar-refractivity contribution in [1.82, 2.24) is 5.32 Å². The van der Waals surface area contributed by atoms with Crippen molar-refractivity contribution in [2.24, 2.45) is 5.92 Å². The van der Waals surface area contributed by atoms with Crippen LogP contribution in [-0.2, 0) is 0 Å². The van der Waals surface area contributed by atoms with Gasteiger partial charge in [0.15, 0.2) is 0 Å². The molecule has 0 spiro atoms. The van der Waals surface area contributed by atoms with Gasteiger partial charge in [-0.1, -0.05) is 81.4 Å². The Morgan fingerprint density at radius 2 is 1.40 bits per heavy atom. The van der Waals surface area contributed by atoms with Crippen LogP contribution in [0.1, 0.15) is 78.6 Å². The first kappa shape index (κ1) is 20.6. The van der Waals surface area contributed by atoms with Crippen LogP contribution < -0.4 is 5.32 Å². The minimum atomic E-state index is -0.224. The van der Waals surface area contributed by atoms with Crippen LogP contribution >= 0.6 is 22.6 Å². The van der Waals surface area contributed by atoms with E-state index in [0.717, 1.165) is 22.9 Å². The highest BCUT2D eigenvalue weighted by molar-refractivity contribution is 14.1. The van der Waals surface area contributed by atoms with Gasteiger partial charge in [-0.3, -0.25) is 0 Å². The van der Waals surface area contributed by atoms with Gasteiger partial charge in [0.25, 0.3) is 0 Å². The Balaban J connectivity index is 3.17. The quantitative estimate of drug-likeness (QED) is 0.248. The molecule has 0 aromatic heterocycles. The molecule has 2 atom stereocenters. The summed E-state index contributed by atoms with van der Waals surface area (Å²) in [7, 11) is 0. The van der Waals surface area contributed by atoms with Crippen molar-refractivity contribution in [3.05, 3.63) is 0 Å². The number of aliphatic hydroxyl groups is 1. The monoisotopic (exact) mass is 397 g/mol. The fourth-order valence-electron chi connectivity index (χ4n) is 2.34. The summed E-state index contributed by atoms with van der Waals surface area (Å²) in [5, 5.41) is 12.4. The Morgan fingerprint density at radius 1 is 0.850 bits per heavy atom. The molecule has 0 saturated heterocycles. The van der Waals surface area contributed by atoms with Gasteiger partial charge < -0.3 is 10.4 Å². The minimum Gasteiger partial charge on any atom is -0.392 e. The molecule has 3 heteroatoms. The summed E-state index contributed by atoms with van der Waals surface area (Å²) in [6, 6.07) is 0. The third kappa shape index (κ3) is 16.7. The number of hydrogen-bond acceptors (Lipinski definition) is 2. The zero-order valence-electron chi connectivity index (χ0n) is 13.8. The number of alkyl halides is 1. The average Bonchev–Trinajstić information content (AvgIpc) is 2.37. The maximum Gasteiger partial charge on any atom is 0.0636 e. The third-order valence-corrected chi connectivity index (χ3v) is 4.87. The Hall–Kier alpha value is 0.650. The van der Waals surface area contributed by atoms with Crippen molar-refractivity contribution in [2.45, 2.75) is 88.6 Å². The van der Waals surface area contributed by atoms with Gasteiger partial charge in [-0.25, -0.2) is 0 Å². The predicted molar refractivity (Wildman–Crippen MR) is 98.7 cm³/mol. The fourth-order valence-corrected chi connectivity index (χ4v) is 3.09. The summed E-state index contributed by atoms with van der Waals surface area (Å²) in [6.45, 7) is 8.22. The molecule has 0 aromatic rings. The zero-order chi connectivity index (χ0) is 15.2. The van der Waals surface area contributed by atoms with E-state index in [2.05, 4.69) is 41.8 Å². The number of halogens is 1. The number of aliphatic hydroxyl groups excluding tert-OH is 1. The number of hydrogen-bond donors (Lipinski definition) is 2. The summed E-state index contributed by atoms with van der Waals surface area (Å²) in [5.74, 6) is 0.872. The second kappa shape index (κ2) is 14.6. The van der Waals surface area contributed by atoms with Crippen LogP contribution in [0.25, 0.3) is 0 Å². The molecule has 0 radical (unpaired) electrons. The van der Waals surface area contributed by atoms with Crippen LogP contribution in [0.4, 0.5) is 0 Å². The molecule has 20 heavy (non-hydrogen) atoms. The average molecular weight is 397 g/mol. The van der Waals surface area contributed by atoms with Crippen molar-refractivity contribution in [1.29, 1.82) is 0 Å². The van der Waals surface area contributed by atoms with E-state index in [9.17, 15) is 0 Å². The molecule has 2 nitrogen and oxygen atoms in total. The SMILES string of the molecule is CC(C)CCCCCCCCC(I)CCNCC(C)O. The van der Waals surface area contributed by atoms with Crippen molar-refractivity contribution in [2.75, 3.05) is 13.1 Å². The Labute approximate surface area is 140 Å². The first-order chi connectivity index (χ1) is 9.52. The zero-order valence-corrected chi connectivity index (χ0v) is 16.0. The highest BCUT2D eigenvalue weighted by Crippen LogP contribution is 2.16. The first-order valence-corrected chi connectivity index (χ1v) is 9.79. The largest absolute Gasteiger partial charge is 0.392 e. The van der Waals surface area contributed by atoms with Gasteiger partial charge >= 0.3 is 0 Å². The lowest BCUT2D eigenvalue weighted by Gasteiger charge is -2.11. The van der Waals surface area contributed by atoms with E-state index in [-0.39, 0.29) is 6.10 Å². The topological polar surface area (TPSA) is 32.3 Å². The lowest BCUT2D eigenvalue weighted by molar-refractivity contribution is 0.191. The van der Waals surface area contributed by atoms with Gasteiger partial charge in [-0.15, -0.1) is 0 Å². The smallest absolute Gasteiger partial charge is 0.0636 e. The molecule has 0 aliphatic rings. The van der Waals surface area contributed by atoms with Crippen molar-refractivity contribution in [3.63, 3.8) is 0 Å². The van der Waals surface area contributed by atoms with Gasteiger partial charge in [-0.05, 0) is 32.2 Å². The summed E-state index contributed by atoms with van der Waals surface area (Å²) < 4.78 is 0.787. The predicted octanol–water partition coefficient (Wildman–Crippen LogP) is 4.93. The summed E-state index contributed by atoms with van der Waals surface area (Å²) in [4.78, 5) is 0. The molecule has 0 aliphatic carbocycles. The van der Waals surface area contributed by atoms with Crippen LogP contribution in [0.5, 0.6) is 0 Å².